The Morgan fingerprint density at radius 2 is 1.59 bits per heavy atom. The predicted octanol–water partition coefficient (Wildman–Crippen LogP) is 4.38. The van der Waals surface area contributed by atoms with E-state index < -0.39 is 0 Å². The Balaban J connectivity index is 2.38. The van der Waals surface area contributed by atoms with Crippen molar-refractivity contribution >= 4 is 34.5 Å². The molecule has 0 amide bonds. The summed E-state index contributed by atoms with van der Waals surface area (Å²) in [5.74, 6) is 1.80. The van der Waals surface area contributed by atoms with Crippen LogP contribution < -0.4 is 14.2 Å². The average molecular weight is 411 g/mol. The van der Waals surface area contributed by atoms with Crippen LogP contribution in [0.25, 0.3) is 0 Å². The summed E-state index contributed by atoms with van der Waals surface area (Å²) in [5.41, 5.74) is 2.96. The predicted molar refractivity (Wildman–Crippen MR) is 97.2 cm³/mol. The zero-order valence-corrected chi connectivity index (χ0v) is 15.2. The van der Waals surface area contributed by atoms with Crippen molar-refractivity contribution in [2.75, 3.05) is 21.3 Å². The van der Waals surface area contributed by atoms with Crippen LogP contribution in [0.1, 0.15) is 11.1 Å². The zero-order chi connectivity index (χ0) is 16.1. The first-order chi connectivity index (χ1) is 10.6. The first-order valence-electron chi connectivity index (χ1n) is 6.69. The van der Waals surface area contributed by atoms with Gasteiger partial charge in [0.1, 0.15) is 0 Å². The summed E-state index contributed by atoms with van der Waals surface area (Å²) in [6, 6.07) is 9.88. The normalized spacial score (nSPS) is 10.8. The van der Waals surface area contributed by atoms with Gasteiger partial charge in [-0.1, -0.05) is 0 Å². The van der Waals surface area contributed by atoms with Crippen LogP contribution in [0, 0.1) is 10.5 Å². The summed E-state index contributed by atoms with van der Waals surface area (Å²) in [6.45, 7) is 2.05. The van der Waals surface area contributed by atoms with E-state index in [1.165, 1.54) is 3.57 Å². The lowest BCUT2D eigenvalue weighted by Gasteiger charge is -2.12. The van der Waals surface area contributed by atoms with Gasteiger partial charge in [0.15, 0.2) is 11.5 Å². The lowest BCUT2D eigenvalue weighted by atomic mass is 10.2. The summed E-state index contributed by atoms with van der Waals surface area (Å²) in [4.78, 5) is 4.54. The van der Waals surface area contributed by atoms with E-state index >= 15 is 0 Å². The first kappa shape index (κ1) is 16.6. The van der Waals surface area contributed by atoms with Gasteiger partial charge in [0.2, 0.25) is 5.75 Å². The molecule has 0 spiro atoms. The molecule has 0 aliphatic carbocycles. The van der Waals surface area contributed by atoms with E-state index in [0.29, 0.717) is 17.2 Å². The number of benzene rings is 2. The molecule has 0 radical (unpaired) electrons. The van der Waals surface area contributed by atoms with E-state index in [9.17, 15) is 0 Å². The quantitative estimate of drug-likeness (QED) is 0.542. The Hall–Kier alpha value is -1.76. The number of rotatable bonds is 5. The Bertz CT molecular complexity index is 673. The molecule has 2 aromatic rings. The molecule has 2 rings (SSSR count). The lowest BCUT2D eigenvalue weighted by molar-refractivity contribution is 0.324. The second-order valence-electron chi connectivity index (χ2n) is 4.65. The van der Waals surface area contributed by atoms with Gasteiger partial charge in [-0.2, -0.15) is 0 Å². The van der Waals surface area contributed by atoms with Crippen molar-refractivity contribution in [1.82, 2.24) is 0 Å². The minimum atomic E-state index is 0.576. The highest BCUT2D eigenvalue weighted by Gasteiger charge is 2.12. The molecule has 0 saturated carbocycles. The maximum Gasteiger partial charge on any atom is 0.203 e. The van der Waals surface area contributed by atoms with Crippen molar-refractivity contribution in [3.05, 3.63) is 45.0 Å². The van der Waals surface area contributed by atoms with Crippen LogP contribution in [0.3, 0.4) is 0 Å². The van der Waals surface area contributed by atoms with Crippen molar-refractivity contribution in [3.63, 3.8) is 0 Å². The second-order valence-corrected chi connectivity index (χ2v) is 5.89. The molecule has 116 valence electrons. The van der Waals surface area contributed by atoms with E-state index in [-0.39, 0.29) is 0 Å². The molecular formula is C17H18INO3. The fourth-order valence-electron chi connectivity index (χ4n) is 2.08. The minimum Gasteiger partial charge on any atom is -0.493 e. The van der Waals surface area contributed by atoms with Crippen molar-refractivity contribution in [1.29, 1.82) is 0 Å². The molecule has 0 saturated heterocycles. The molecule has 0 N–H and O–H groups in total. The SMILES string of the molecule is COc1cc(C=Nc2ccc(I)cc2C)cc(OC)c1OC. The van der Waals surface area contributed by atoms with E-state index in [1.807, 2.05) is 31.2 Å². The van der Waals surface area contributed by atoms with Crippen LogP contribution in [0.2, 0.25) is 0 Å². The van der Waals surface area contributed by atoms with Gasteiger partial charge in [-0.3, -0.25) is 4.99 Å². The van der Waals surface area contributed by atoms with Crippen LogP contribution in [0.4, 0.5) is 5.69 Å². The molecule has 0 heterocycles. The molecule has 0 fully saturated rings. The third kappa shape index (κ3) is 3.71. The van der Waals surface area contributed by atoms with Crippen molar-refractivity contribution in [2.24, 2.45) is 4.99 Å². The van der Waals surface area contributed by atoms with Gasteiger partial charge in [0.25, 0.3) is 0 Å². The number of halogens is 1. The molecule has 0 atom stereocenters. The van der Waals surface area contributed by atoms with Gasteiger partial charge < -0.3 is 14.2 Å². The molecule has 5 heteroatoms. The minimum absolute atomic E-state index is 0.576. The highest BCUT2D eigenvalue weighted by Crippen LogP contribution is 2.37. The number of aliphatic imine (C=N–C) groups is 1. The lowest BCUT2D eigenvalue weighted by Crippen LogP contribution is -1.96. The summed E-state index contributed by atoms with van der Waals surface area (Å²) >= 11 is 2.29. The summed E-state index contributed by atoms with van der Waals surface area (Å²) in [6.07, 6.45) is 1.79. The van der Waals surface area contributed by atoms with Crippen LogP contribution in [-0.2, 0) is 0 Å². The Morgan fingerprint density at radius 1 is 0.955 bits per heavy atom. The number of aryl methyl sites for hydroxylation is 1. The van der Waals surface area contributed by atoms with E-state index in [4.69, 9.17) is 14.2 Å². The summed E-state index contributed by atoms with van der Waals surface area (Å²) in [7, 11) is 4.78. The van der Waals surface area contributed by atoms with Crippen molar-refractivity contribution in [3.8, 4) is 17.2 Å². The highest BCUT2D eigenvalue weighted by atomic mass is 127. The molecule has 0 aromatic heterocycles. The second kappa shape index (κ2) is 7.49. The zero-order valence-electron chi connectivity index (χ0n) is 13.0. The maximum absolute atomic E-state index is 5.34. The van der Waals surface area contributed by atoms with Gasteiger partial charge in [-0.25, -0.2) is 0 Å². The summed E-state index contributed by atoms with van der Waals surface area (Å²) < 4.78 is 17.2. The largest absolute Gasteiger partial charge is 0.493 e. The van der Waals surface area contributed by atoms with E-state index in [0.717, 1.165) is 16.8 Å². The number of hydrogen-bond acceptors (Lipinski definition) is 4. The standard InChI is InChI=1S/C17H18INO3/c1-11-7-13(18)5-6-14(11)19-10-12-8-15(20-2)17(22-4)16(9-12)21-3/h5-10H,1-4H3. The number of methoxy groups -OCH3 is 3. The molecule has 2 aromatic carbocycles. The Kier molecular flexibility index (Phi) is 5.65. The molecule has 4 nitrogen and oxygen atoms in total. The molecule has 0 bridgehead atoms. The van der Waals surface area contributed by atoms with Gasteiger partial charge in [0, 0.05) is 15.3 Å². The molecule has 0 aliphatic heterocycles. The topological polar surface area (TPSA) is 40.0 Å². The number of nitrogens with zero attached hydrogens (tertiary/aromatic N) is 1. The van der Waals surface area contributed by atoms with Crippen molar-refractivity contribution in [2.45, 2.75) is 6.92 Å². The van der Waals surface area contributed by atoms with Gasteiger partial charge in [0.05, 0.1) is 27.0 Å². The van der Waals surface area contributed by atoms with Gasteiger partial charge in [-0.15, -0.1) is 0 Å². The van der Waals surface area contributed by atoms with Gasteiger partial charge >= 0.3 is 0 Å². The third-order valence-electron chi connectivity index (χ3n) is 3.20. The van der Waals surface area contributed by atoms with Crippen LogP contribution in [0.15, 0.2) is 35.3 Å². The summed E-state index contributed by atoms with van der Waals surface area (Å²) in [5, 5.41) is 0. The van der Waals surface area contributed by atoms with Crippen LogP contribution >= 0.6 is 22.6 Å². The van der Waals surface area contributed by atoms with Crippen LogP contribution in [0.5, 0.6) is 17.2 Å². The Labute approximate surface area is 144 Å². The Morgan fingerprint density at radius 3 is 2.09 bits per heavy atom. The molecule has 0 unspecified atom stereocenters. The fourth-order valence-corrected chi connectivity index (χ4v) is 2.73. The highest BCUT2D eigenvalue weighted by molar-refractivity contribution is 14.1. The third-order valence-corrected chi connectivity index (χ3v) is 3.87. The van der Waals surface area contributed by atoms with E-state index in [1.54, 1.807) is 27.5 Å². The molecule has 22 heavy (non-hydrogen) atoms. The average Bonchev–Trinajstić information content (AvgIpc) is 2.52. The fraction of sp³-hybridized carbons (Fsp3) is 0.235. The van der Waals surface area contributed by atoms with Crippen molar-refractivity contribution < 1.29 is 14.2 Å². The first-order valence-corrected chi connectivity index (χ1v) is 7.77. The number of ether oxygens (including phenoxy) is 3. The van der Waals surface area contributed by atoms with Gasteiger partial charge in [-0.05, 0) is 65.4 Å². The van der Waals surface area contributed by atoms with E-state index in [2.05, 4.69) is 33.6 Å². The smallest absolute Gasteiger partial charge is 0.203 e. The maximum atomic E-state index is 5.34. The monoisotopic (exact) mass is 411 g/mol. The molecular weight excluding hydrogens is 393 g/mol. The molecule has 0 aliphatic rings. The van der Waals surface area contributed by atoms with Crippen LogP contribution in [-0.4, -0.2) is 27.5 Å². The number of hydrogen-bond donors (Lipinski definition) is 0.